The summed E-state index contributed by atoms with van der Waals surface area (Å²) >= 11 is 0. The highest BCUT2D eigenvalue weighted by atomic mass is 19.1. The van der Waals surface area contributed by atoms with Crippen LogP contribution < -0.4 is 5.32 Å². The van der Waals surface area contributed by atoms with Crippen LogP contribution in [-0.4, -0.2) is 23.1 Å². The van der Waals surface area contributed by atoms with Gasteiger partial charge in [-0.1, -0.05) is 12.1 Å². The Morgan fingerprint density at radius 1 is 1.15 bits per heavy atom. The lowest BCUT2D eigenvalue weighted by Gasteiger charge is -2.16. The summed E-state index contributed by atoms with van der Waals surface area (Å²) in [6.45, 7) is 6.00. The lowest BCUT2D eigenvalue weighted by atomic mass is 9.95. The molecule has 1 aromatic heterocycles. The average Bonchev–Trinajstić information content (AvgIpc) is 2.92. The number of nitrogens with zero attached hydrogens (tertiary/aromatic N) is 2. The molecule has 1 aliphatic heterocycles. The molecule has 4 heteroatoms. The van der Waals surface area contributed by atoms with Crippen LogP contribution in [0.4, 0.5) is 4.39 Å². The van der Waals surface area contributed by atoms with Crippen molar-refractivity contribution in [1.82, 2.24) is 15.3 Å². The number of aryl methyl sites for hydroxylation is 2. The Bertz CT molecular complexity index is 610. The monoisotopic (exact) mass is 271 g/mol. The first kappa shape index (κ1) is 13.2. The second kappa shape index (κ2) is 5.29. The Hall–Kier alpha value is -1.81. The number of rotatable bonds is 2. The van der Waals surface area contributed by atoms with Gasteiger partial charge in [0.05, 0.1) is 5.56 Å². The summed E-state index contributed by atoms with van der Waals surface area (Å²) in [6, 6.07) is 6.65. The van der Waals surface area contributed by atoms with Crippen molar-refractivity contribution >= 4 is 0 Å². The van der Waals surface area contributed by atoms with Gasteiger partial charge in [-0.2, -0.15) is 0 Å². The van der Waals surface area contributed by atoms with Crippen LogP contribution in [0.2, 0.25) is 0 Å². The third kappa shape index (κ3) is 2.31. The van der Waals surface area contributed by atoms with Crippen molar-refractivity contribution in [3.8, 4) is 11.4 Å². The van der Waals surface area contributed by atoms with E-state index in [-0.39, 0.29) is 5.82 Å². The van der Waals surface area contributed by atoms with Gasteiger partial charge in [0.25, 0.3) is 0 Å². The standard InChI is InChI=1S/C16H18FN3/c1-10-15(12-7-8-18-9-12)11(2)20-16(19-10)13-5-3-4-6-14(13)17/h3-6,12,18H,7-9H2,1-2H3. The molecule has 2 aromatic rings. The fourth-order valence-corrected chi connectivity index (χ4v) is 2.98. The molecule has 0 amide bonds. The highest BCUT2D eigenvalue weighted by molar-refractivity contribution is 5.56. The number of halogens is 1. The topological polar surface area (TPSA) is 37.8 Å². The molecular weight excluding hydrogens is 253 g/mol. The molecule has 0 spiro atoms. The Labute approximate surface area is 118 Å². The van der Waals surface area contributed by atoms with E-state index < -0.39 is 0 Å². The van der Waals surface area contributed by atoms with E-state index in [1.54, 1.807) is 18.2 Å². The highest BCUT2D eigenvalue weighted by Crippen LogP contribution is 2.29. The zero-order valence-electron chi connectivity index (χ0n) is 11.8. The molecule has 3 nitrogen and oxygen atoms in total. The van der Waals surface area contributed by atoms with Crippen LogP contribution in [-0.2, 0) is 0 Å². The van der Waals surface area contributed by atoms with Gasteiger partial charge in [0, 0.05) is 23.9 Å². The second-order valence-electron chi connectivity index (χ2n) is 5.30. The summed E-state index contributed by atoms with van der Waals surface area (Å²) in [4.78, 5) is 9.06. The SMILES string of the molecule is Cc1nc(-c2ccccc2F)nc(C)c1C1CCNC1. The Balaban J connectivity index is 2.06. The number of hydrogen-bond donors (Lipinski definition) is 1. The summed E-state index contributed by atoms with van der Waals surface area (Å²) in [5.74, 6) is 0.680. The van der Waals surface area contributed by atoms with Crippen molar-refractivity contribution in [2.24, 2.45) is 0 Å². The molecule has 104 valence electrons. The highest BCUT2D eigenvalue weighted by Gasteiger charge is 2.22. The van der Waals surface area contributed by atoms with Gasteiger partial charge in [0.15, 0.2) is 5.82 Å². The van der Waals surface area contributed by atoms with Gasteiger partial charge >= 0.3 is 0 Å². The van der Waals surface area contributed by atoms with Crippen LogP contribution >= 0.6 is 0 Å². The van der Waals surface area contributed by atoms with Crippen molar-refractivity contribution in [1.29, 1.82) is 0 Å². The van der Waals surface area contributed by atoms with Crippen LogP contribution in [0.25, 0.3) is 11.4 Å². The third-order valence-electron chi connectivity index (χ3n) is 3.91. The fraction of sp³-hybridized carbons (Fsp3) is 0.375. The molecule has 2 heterocycles. The molecule has 0 radical (unpaired) electrons. The maximum atomic E-state index is 13.9. The second-order valence-corrected chi connectivity index (χ2v) is 5.30. The number of aromatic nitrogens is 2. The molecule has 1 atom stereocenters. The molecule has 1 N–H and O–H groups in total. The molecule has 0 aliphatic carbocycles. The van der Waals surface area contributed by atoms with Gasteiger partial charge in [-0.05, 0) is 44.5 Å². The predicted molar refractivity (Wildman–Crippen MR) is 77.1 cm³/mol. The van der Waals surface area contributed by atoms with E-state index in [1.807, 2.05) is 13.8 Å². The van der Waals surface area contributed by atoms with E-state index in [2.05, 4.69) is 15.3 Å². The Morgan fingerprint density at radius 2 is 1.85 bits per heavy atom. The van der Waals surface area contributed by atoms with E-state index in [9.17, 15) is 4.39 Å². The van der Waals surface area contributed by atoms with E-state index in [0.29, 0.717) is 17.3 Å². The van der Waals surface area contributed by atoms with Crippen molar-refractivity contribution in [2.75, 3.05) is 13.1 Å². The lowest BCUT2D eigenvalue weighted by molar-refractivity contribution is 0.629. The van der Waals surface area contributed by atoms with E-state index >= 15 is 0 Å². The van der Waals surface area contributed by atoms with Crippen LogP contribution in [0.15, 0.2) is 24.3 Å². The summed E-state index contributed by atoms with van der Waals surface area (Å²) in [5.41, 5.74) is 3.61. The molecule has 20 heavy (non-hydrogen) atoms. The van der Waals surface area contributed by atoms with Gasteiger partial charge in [-0.25, -0.2) is 14.4 Å². The molecule has 1 unspecified atom stereocenters. The minimum Gasteiger partial charge on any atom is -0.316 e. The van der Waals surface area contributed by atoms with E-state index in [0.717, 1.165) is 30.9 Å². The van der Waals surface area contributed by atoms with Crippen molar-refractivity contribution in [2.45, 2.75) is 26.2 Å². The van der Waals surface area contributed by atoms with E-state index in [4.69, 9.17) is 0 Å². The van der Waals surface area contributed by atoms with Crippen LogP contribution in [0.1, 0.15) is 29.3 Å². The number of nitrogens with one attached hydrogen (secondary N) is 1. The molecule has 0 bridgehead atoms. The Kier molecular flexibility index (Phi) is 3.49. The summed E-state index contributed by atoms with van der Waals surface area (Å²) in [7, 11) is 0. The van der Waals surface area contributed by atoms with Crippen LogP contribution in [0.5, 0.6) is 0 Å². The normalized spacial score (nSPS) is 18.4. The zero-order chi connectivity index (χ0) is 14.1. The zero-order valence-corrected chi connectivity index (χ0v) is 11.8. The van der Waals surface area contributed by atoms with Gasteiger partial charge in [0.2, 0.25) is 0 Å². The summed E-state index contributed by atoms with van der Waals surface area (Å²) in [6.07, 6.45) is 1.12. The maximum Gasteiger partial charge on any atom is 0.162 e. The largest absolute Gasteiger partial charge is 0.316 e. The van der Waals surface area contributed by atoms with E-state index in [1.165, 1.54) is 11.6 Å². The third-order valence-corrected chi connectivity index (χ3v) is 3.91. The van der Waals surface area contributed by atoms with Gasteiger partial charge < -0.3 is 5.32 Å². The molecule has 3 rings (SSSR count). The molecule has 1 saturated heterocycles. The molecule has 1 aliphatic rings. The lowest BCUT2D eigenvalue weighted by Crippen LogP contribution is -2.12. The van der Waals surface area contributed by atoms with Crippen LogP contribution in [0.3, 0.4) is 0 Å². The molecule has 1 aromatic carbocycles. The summed E-state index contributed by atoms with van der Waals surface area (Å²) in [5, 5.41) is 3.37. The maximum absolute atomic E-state index is 13.9. The fourth-order valence-electron chi connectivity index (χ4n) is 2.98. The van der Waals surface area contributed by atoms with Crippen molar-refractivity contribution < 1.29 is 4.39 Å². The quantitative estimate of drug-likeness (QED) is 0.912. The number of benzene rings is 1. The van der Waals surface area contributed by atoms with Gasteiger partial charge in [0.1, 0.15) is 5.82 Å². The minimum absolute atomic E-state index is 0.276. The van der Waals surface area contributed by atoms with Crippen LogP contribution in [0, 0.1) is 19.7 Å². The summed E-state index contributed by atoms with van der Waals surface area (Å²) < 4.78 is 13.9. The Morgan fingerprint density at radius 3 is 2.45 bits per heavy atom. The minimum atomic E-state index is -0.276. The van der Waals surface area contributed by atoms with Gasteiger partial charge in [-0.3, -0.25) is 0 Å². The molecular formula is C16H18FN3. The first-order valence-electron chi connectivity index (χ1n) is 6.97. The first-order chi connectivity index (χ1) is 9.66. The molecule has 1 fully saturated rings. The average molecular weight is 271 g/mol. The first-order valence-corrected chi connectivity index (χ1v) is 6.97. The van der Waals surface area contributed by atoms with Crippen molar-refractivity contribution in [3.05, 3.63) is 47.0 Å². The smallest absolute Gasteiger partial charge is 0.162 e. The van der Waals surface area contributed by atoms with Gasteiger partial charge in [-0.15, -0.1) is 0 Å². The van der Waals surface area contributed by atoms with Crippen molar-refractivity contribution in [3.63, 3.8) is 0 Å². The molecule has 0 saturated carbocycles. The number of hydrogen-bond acceptors (Lipinski definition) is 3. The predicted octanol–water partition coefficient (Wildman–Crippen LogP) is 2.98.